The number of amides is 1. The van der Waals surface area contributed by atoms with Gasteiger partial charge in [-0.15, -0.1) is 0 Å². The van der Waals surface area contributed by atoms with Gasteiger partial charge in [-0.3, -0.25) is 10.2 Å². The fraction of sp³-hybridized carbons (Fsp3) is 0.111. The van der Waals surface area contributed by atoms with E-state index >= 15 is 0 Å². The fourth-order valence-corrected chi connectivity index (χ4v) is 5.32. The van der Waals surface area contributed by atoms with Crippen LogP contribution < -0.4 is 14.2 Å². The van der Waals surface area contributed by atoms with Crippen LogP contribution in [0.5, 0.6) is 17.2 Å². The van der Waals surface area contributed by atoms with E-state index in [4.69, 9.17) is 31.2 Å². The first-order valence-corrected chi connectivity index (χ1v) is 13.6. The van der Waals surface area contributed by atoms with E-state index in [9.17, 15) is 4.79 Å². The largest absolute Gasteiger partial charge is 0.493 e. The number of halogens is 2. The number of carbonyl (C=O) groups is 1. The Kier molecular flexibility index (Phi) is 8.01. The maximum atomic E-state index is 12.8. The number of para-hydroxylation sites is 1. The average molecular weight is 659 g/mol. The Bertz CT molecular complexity index is 1490. The second kappa shape index (κ2) is 11.6. The van der Waals surface area contributed by atoms with Crippen LogP contribution in [0.15, 0.2) is 82.4 Å². The lowest BCUT2D eigenvalue weighted by molar-refractivity contribution is -0.114. The molecule has 0 saturated carbocycles. The van der Waals surface area contributed by atoms with Gasteiger partial charge in [0.1, 0.15) is 24.0 Å². The van der Waals surface area contributed by atoms with E-state index in [2.05, 4.69) is 32.7 Å². The van der Waals surface area contributed by atoms with Crippen molar-refractivity contribution in [1.82, 2.24) is 5.01 Å². The van der Waals surface area contributed by atoms with Crippen LogP contribution in [0.3, 0.4) is 0 Å². The quantitative estimate of drug-likeness (QED) is 0.228. The molecule has 2 aliphatic rings. The molecule has 2 aliphatic heterocycles. The SMILES string of the molecule is COc1cc(/C=C2/C(=N)N3N=C(COc4ccccc4)SC3=NC2=O)cc(I)c1OCc1ccc(Cl)cc1. The Balaban J connectivity index is 1.33. The third kappa shape index (κ3) is 5.87. The summed E-state index contributed by atoms with van der Waals surface area (Å²) in [5.41, 5.74) is 1.75. The number of methoxy groups -OCH3 is 1. The molecule has 192 valence electrons. The zero-order valence-corrected chi connectivity index (χ0v) is 23.7. The van der Waals surface area contributed by atoms with Gasteiger partial charge < -0.3 is 14.2 Å². The molecule has 0 bridgehead atoms. The summed E-state index contributed by atoms with van der Waals surface area (Å²) >= 11 is 9.33. The molecule has 0 spiro atoms. The zero-order chi connectivity index (χ0) is 26.6. The van der Waals surface area contributed by atoms with Gasteiger partial charge >= 0.3 is 0 Å². The maximum absolute atomic E-state index is 12.8. The second-order valence-electron chi connectivity index (χ2n) is 8.06. The Morgan fingerprint density at radius 2 is 1.84 bits per heavy atom. The number of aliphatic imine (C=N–C) groups is 1. The molecule has 0 aliphatic carbocycles. The van der Waals surface area contributed by atoms with Crippen molar-refractivity contribution in [2.75, 3.05) is 13.7 Å². The molecule has 11 heteroatoms. The van der Waals surface area contributed by atoms with Crippen LogP contribution in [0.2, 0.25) is 5.02 Å². The number of nitrogens with zero attached hydrogens (tertiary/aromatic N) is 3. The van der Waals surface area contributed by atoms with E-state index in [1.165, 1.54) is 16.8 Å². The number of thioether (sulfide) groups is 1. The molecule has 1 amide bonds. The van der Waals surface area contributed by atoms with Gasteiger partial charge in [0, 0.05) is 5.02 Å². The van der Waals surface area contributed by atoms with Gasteiger partial charge in [-0.2, -0.15) is 15.1 Å². The molecule has 3 aromatic rings. The highest BCUT2D eigenvalue weighted by Gasteiger charge is 2.35. The van der Waals surface area contributed by atoms with Crippen LogP contribution in [0, 0.1) is 8.98 Å². The van der Waals surface area contributed by atoms with Crippen LogP contribution in [0.25, 0.3) is 6.08 Å². The molecule has 1 N–H and O–H groups in total. The average Bonchev–Trinajstić information content (AvgIpc) is 3.33. The fourth-order valence-electron chi connectivity index (χ4n) is 3.62. The number of benzene rings is 3. The minimum atomic E-state index is -0.508. The topological polar surface area (TPSA) is 96.6 Å². The molecular formula is C27H20ClIN4O4S. The summed E-state index contributed by atoms with van der Waals surface area (Å²) in [7, 11) is 1.55. The zero-order valence-electron chi connectivity index (χ0n) is 20.0. The highest BCUT2D eigenvalue weighted by atomic mass is 127. The lowest BCUT2D eigenvalue weighted by atomic mass is 10.1. The van der Waals surface area contributed by atoms with Gasteiger partial charge in [0.15, 0.2) is 17.3 Å². The molecule has 0 saturated heterocycles. The highest BCUT2D eigenvalue weighted by molar-refractivity contribution is 14.1. The van der Waals surface area contributed by atoms with Crippen molar-refractivity contribution < 1.29 is 19.0 Å². The summed E-state index contributed by atoms with van der Waals surface area (Å²) in [4.78, 5) is 17.0. The monoisotopic (exact) mass is 658 g/mol. The molecule has 0 radical (unpaired) electrons. The number of fused-ring (bicyclic) bond motifs is 1. The van der Waals surface area contributed by atoms with Crippen LogP contribution in [0.4, 0.5) is 0 Å². The van der Waals surface area contributed by atoms with Crippen LogP contribution in [-0.4, -0.2) is 40.7 Å². The predicted octanol–water partition coefficient (Wildman–Crippen LogP) is 6.23. The molecule has 0 aromatic heterocycles. The number of amidine groups is 2. The normalized spacial score (nSPS) is 15.8. The molecule has 8 nitrogen and oxygen atoms in total. The van der Waals surface area contributed by atoms with Gasteiger partial charge in [-0.05, 0) is 88.0 Å². The van der Waals surface area contributed by atoms with Crippen molar-refractivity contribution in [3.8, 4) is 17.2 Å². The number of carbonyl (C=O) groups excluding carboxylic acids is 1. The smallest absolute Gasteiger partial charge is 0.283 e. The number of nitrogens with one attached hydrogen (secondary N) is 1. The van der Waals surface area contributed by atoms with E-state index in [1.54, 1.807) is 19.3 Å². The van der Waals surface area contributed by atoms with Crippen LogP contribution in [0.1, 0.15) is 11.1 Å². The molecule has 0 unspecified atom stereocenters. The third-order valence-electron chi connectivity index (χ3n) is 5.46. The summed E-state index contributed by atoms with van der Waals surface area (Å²) in [5, 5.41) is 16.0. The van der Waals surface area contributed by atoms with Gasteiger partial charge in [0.05, 0.1) is 16.3 Å². The van der Waals surface area contributed by atoms with Gasteiger partial charge in [-0.1, -0.05) is 41.9 Å². The second-order valence-corrected chi connectivity index (χ2v) is 10.7. The lowest BCUT2D eigenvalue weighted by Gasteiger charge is -2.20. The summed E-state index contributed by atoms with van der Waals surface area (Å²) in [5.74, 6) is 1.23. The first kappa shape index (κ1) is 26.3. The number of rotatable bonds is 8. The molecule has 3 aromatic carbocycles. The molecule has 2 heterocycles. The summed E-state index contributed by atoms with van der Waals surface area (Å²) in [6.45, 7) is 0.545. The molecule has 38 heavy (non-hydrogen) atoms. The third-order valence-corrected chi connectivity index (χ3v) is 7.40. The van der Waals surface area contributed by atoms with Crippen molar-refractivity contribution in [2.24, 2.45) is 10.1 Å². The Morgan fingerprint density at radius 1 is 1.08 bits per heavy atom. The van der Waals surface area contributed by atoms with E-state index in [0.717, 1.165) is 9.13 Å². The van der Waals surface area contributed by atoms with Crippen molar-refractivity contribution >= 4 is 74.0 Å². The summed E-state index contributed by atoms with van der Waals surface area (Å²) < 4.78 is 18.1. The molecular weight excluding hydrogens is 639 g/mol. The molecule has 0 fully saturated rings. The first-order valence-electron chi connectivity index (χ1n) is 11.3. The number of hydrazone groups is 1. The van der Waals surface area contributed by atoms with Crippen molar-refractivity contribution in [3.63, 3.8) is 0 Å². The van der Waals surface area contributed by atoms with Gasteiger partial charge in [0.2, 0.25) is 5.17 Å². The summed E-state index contributed by atoms with van der Waals surface area (Å²) in [6, 6.07) is 20.4. The van der Waals surface area contributed by atoms with E-state index in [0.29, 0.717) is 44.7 Å². The highest BCUT2D eigenvalue weighted by Crippen LogP contribution is 2.36. The van der Waals surface area contributed by atoms with Crippen molar-refractivity contribution in [2.45, 2.75) is 6.61 Å². The minimum Gasteiger partial charge on any atom is -0.493 e. The minimum absolute atomic E-state index is 0.0562. The van der Waals surface area contributed by atoms with Gasteiger partial charge in [0.25, 0.3) is 5.91 Å². The van der Waals surface area contributed by atoms with E-state index < -0.39 is 5.91 Å². The Morgan fingerprint density at radius 3 is 2.58 bits per heavy atom. The predicted molar refractivity (Wildman–Crippen MR) is 158 cm³/mol. The first-order chi connectivity index (χ1) is 18.4. The number of hydrogen-bond donors (Lipinski definition) is 1. The van der Waals surface area contributed by atoms with Crippen LogP contribution in [-0.2, 0) is 11.4 Å². The van der Waals surface area contributed by atoms with Crippen LogP contribution >= 0.6 is 46.0 Å². The molecule has 5 rings (SSSR count). The van der Waals surface area contributed by atoms with Crippen molar-refractivity contribution in [3.05, 3.63) is 92.0 Å². The maximum Gasteiger partial charge on any atom is 0.283 e. The number of hydrogen-bond acceptors (Lipinski definition) is 7. The standard InChI is InChI=1S/C27H20ClIN4O4S/c1-35-22-13-17(12-21(29)24(22)37-14-16-7-9-18(28)10-8-16)11-20-25(30)33-27(31-26(20)34)38-23(32-33)15-36-19-5-3-2-4-6-19/h2-13,30H,14-15H2,1H3/b20-11-,30-25?. The Hall–Kier alpha value is -3.35. The van der Waals surface area contributed by atoms with Gasteiger partial charge in [-0.25, -0.2) is 0 Å². The lowest BCUT2D eigenvalue weighted by Crippen LogP contribution is -2.35. The number of ether oxygens (including phenoxy) is 3. The summed E-state index contributed by atoms with van der Waals surface area (Å²) in [6.07, 6.45) is 1.61. The van der Waals surface area contributed by atoms with E-state index in [-0.39, 0.29) is 18.0 Å². The molecule has 0 atom stereocenters. The van der Waals surface area contributed by atoms with Crippen molar-refractivity contribution in [1.29, 1.82) is 5.41 Å². The Labute approximate surface area is 242 Å². The van der Waals surface area contributed by atoms with E-state index in [1.807, 2.05) is 60.7 Å².